The highest BCUT2D eigenvalue weighted by molar-refractivity contribution is 7.89. The van der Waals surface area contributed by atoms with Crippen LogP contribution in [0.3, 0.4) is 0 Å². The Morgan fingerprint density at radius 3 is 2.44 bits per heavy atom. The van der Waals surface area contributed by atoms with E-state index >= 15 is 0 Å². The van der Waals surface area contributed by atoms with E-state index < -0.39 is 22.0 Å². The molecule has 2 aliphatic rings. The molecule has 2 atom stereocenters. The molecule has 0 amide bonds. The number of esters is 1. The van der Waals surface area contributed by atoms with Gasteiger partial charge in [0.2, 0.25) is 10.0 Å². The van der Waals surface area contributed by atoms with Crippen LogP contribution in [0.25, 0.3) is 0 Å². The molecule has 0 aromatic heterocycles. The molecule has 0 spiro atoms. The molecule has 0 bridgehead atoms. The van der Waals surface area contributed by atoms with Crippen molar-refractivity contribution in [2.45, 2.75) is 64.0 Å². The summed E-state index contributed by atoms with van der Waals surface area (Å²) in [4.78, 5) is 12.0. The van der Waals surface area contributed by atoms with E-state index in [0.29, 0.717) is 10.5 Å². The van der Waals surface area contributed by atoms with E-state index in [4.69, 9.17) is 4.74 Å². The van der Waals surface area contributed by atoms with Gasteiger partial charge in [-0.05, 0) is 69.7 Å². The molecule has 2 aliphatic heterocycles. The molecule has 0 aliphatic carbocycles. The third-order valence-corrected chi connectivity index (χ3v) is 7.42. The lowest BCUT2D eigenvalue weighted by molar-refractivity contribution is -0.140. The fraction of sp³-hybridized carbons (Fsp3) is 0.611. The number of fused-ring (bicyclic) bond motifs is 1. The van der Waals surface area contributed by atoms with Gasteiger partial charge in [-0.25, -0.2) is 8.42 Å². The number of sulfonamides is 1. The summed E-state index contributed by atoms with van der Waals surface area (Å²) >= 11 is 0. The summed E-state index contributed by atoms with van der Waals surface area (Å²) in [5.74, 6) is 0.291. The summed E-state index contributed by atoms with van der Waals surface area (Å²) in [5.41, 5.74) is 2.96. The standard InChI is InChI=1S/C18H25NO5S/c1-10-11(2)16(25(21,22)19-9-14(19)17(20)23-6)12(3)13-7-8-18(4,5)24-15(10)13/h14H,7-9H2,1-6H3. The average molecular weight is 367 g/mol. The number of ether oxygens (including phenoxy) is 2. The molecule has 3 rings (SSSR count). The van der Waals surface area contributed by atoms with E-state index in [9.17, 15) is 13.2 Å². The van der Waals surface area contributed by atoms with Crippen molar-refractivity contribution < 1.29 is 22.7 Å². The van der Waals surface area contributed by atoms with E-state index in [1.807, 2.05) is 27.7 Å². The van der Waals surface area contributed by atoms with Crippen molar-refractivity contribution in [2.75, 3.05) is 13.7 Å². The zero-order valence-corrected chi connectivity index (χ0v) is 16.4. The lowest BCUT2D eigenvalue weighted by Gasteiger charge is -2.35. The molecule has 2 heterocycles. The molecule has 1 saturated heterocycles. The number of hydrogen-bond donors (Lipinski definition) is 0. The molecular weight excluding hydrogens is 342 g/mol. The number of methoxy groups -OCH3 is 1. The monoisotopic (exact) mass is 367 g/mol. The van der Waals surface area contributed by atoms with E-state index in [-0.39, 0.29) is 12.1 Å². The minimum Gasteiger partial charge on any atom is -0.487 e. The second kappa shape index (κ2) is 5.71. The van der Waals surface area contributed by atoms with Crippen LogP contribution < -0.4 is 4.74 Å². The largest absolute Gasteiger partial charge is 0.487 e. The van der Waals surface area contributed by atoms with Crippen LogP contribution in [-0.4, -0.2) is 44.0 Å². The normalized spacial score (nSPS) is 24.2. The van der Waals surface area contributed by atoms with Crippen molar-refractivity contribution in [3.05, 3.63) is 22.3 Å². The zero-order valence-electron chi connectivity index (χ0n) is 15.6. The van der Waals surface area contributed by atoms with Crippen molar-refractivity contribution in [3.63, 3.8) is 0 Å². The molecule has 138 valence electrons. The maximum absolute atomic E-state index is 13.1. The molecule has 25 heavy (non-hydrogen) atoms. The molecule has 2 unspecified atom stereocenters. The molecular formula is C18H25NO5S. The molecule has 0 saturated carbocycles. The highest BCUT2D eigenvalue weighted by Gasteiger charge is 2.51. The van der Waals surface area contributed by atoms with Gasteiger partial charge < -0.3 is 9.47 Å². The Balaban J connectivity index is 2.10. The Morgan fingerprint density at radius 2 is 1.84 bits per heavy atom. The van der Waals surface area contributed by atoms with E-state index in [1.165, 1.54) is 11.4 Å². The van der Waals surface area contributed by atoms with Crippen molar-refractivity contribution in [2.24, 2.45) is 0 Å². The van der Waals surface area contributed by atoms with Crippen molar-refractivity contribution >= 4 is 16.0 Å². The quantitative estimate of drug-likeness (QED) is 0.605. The second-order valence-corrected chi connectivity index (χ2v) is 9.31. The first-order valence-corrected chi connectivity index (χ1v) is 9.86. The third kappa shape index (κ3) is 2.83. The number of hydrogen-bond acceptors (Lipinski definition) is 5. The molecule has 0 N–H and O–H groups in total. The summed E-state index contributed by atoms with van der Waals surface area (Å²) in [6.07, 6.45) is 1.61. The third-order valence-electron chi connectivity index (χ3n) is 5.27. The summed E-state index contributed by atoms with van der Waals surface area (Å²) in [5, 5.41) is 0. The summed E-state index contributed by atoms with van der Waals surface area (Å²) in [7, 11) is -2.47. The lowest BCUT2D eigenvalue weighted by atomic mass is 9.88. The Morgan fingerprint density at radius 1 is 1.20 bits per heavy atom. The van der Waals surface area contributed by atoms with Crippen molar-refractivity contribution in [1.82, 2.24) is 4.31 Å². The van der Waals surface area contributed by atoms with Gasteiger partial charge in [-0.1, -0.05) is 0 Å². The Bertz CT molecular complexity index is 857. The van der Waals surface area contributed by atoms with Crippen molar-refractivity contribution in [1.29, 1.82) is 0 Å². The fourth-order valence-corrected chi connectivity index (χ4v) is 5.61. The molecule has 1 aromatic rings. The zero-order chi connectivity index (χ0) is 18.7. The van der Waals surface area contributed by atoms with Crippen LogP contribution in [0, 0.1) is 20.8 Å². The molecule has 0 radical (unpaired) electrons. The van der Waals surface area contributed by atoms with Crippen LogP contribution >= 0.6 is 0 Å². The predicted octanol–water partition coefficient (Wildman–Crippen LogP) is 2.26. The smallest absolute Gasteiger partial charge is 0.325 e. The first-order valence-electron chi connectivity index (χ1n) is 8.42. The van der Waals surface area contributed by atoms with Crippen LogP contribution in [-0.2, 0) is 26.0 Å². The Labute approximate surface area is 149 Å². The molecule has 6 nitrogen and oxygen atoms in total. The maximum Gasteiger partial charge on any atom is 0.325 e. The maximum atomic E-state index is 13.1. The second-order valence-electron chi connectivity index (χ2n) is 7.49. The van der Waals surface area contributed by atoms with Crippen LogP contribution in [0.15, 0.2) is 4.90 Å². The lowest BCUT2D eigenvalue weighted by Crippen LogP contribution is -2.34. The predicted molar refractivity (Wildman–Crippen MR) is 93.4 cm³/mol. The van der Waals surface area contributed by atoms with Crippen LogP contribution in [0.5, 0.6) is 5.75 Å². The Kier molecular flexibility index (Phi) is 4.15. The first-order chi connectivity index (χ1) is 11.5. The van der Waals surface area contributed by atoms with Gasteiger partial charge in [-0.2, -0.15) is 4.31 Å². The minimum absolute atomic E-state index is 0.174. The average Bonchev–Trinajstić information content (AvgIpc) is 3.32. The van der Waals surface area contributed by atoms with Gasteiger partial charge in [0.1, 0.15) is 17.4 Å². The SMILES string of the molecule is COC(=O)C1CN1S(=O)(=O)c1c(C)c(C)c2c(c1C)CCC(C)(C)O2. The summed E-state index contributed by atoms with van der Waals surface area (Å²) < 4.78 is 38.2. The number of nitrogens with zero attached hydrogens (tertiary/aromatic N) is 1. The number of rotatable bonds is 3. The highest BCUT2D eigenvalue weighted by atomic mass is 32.2. The number of carbonyl (C=O) groups excluding carboxylic acids is 1. The van der Waals surface area contributed by atoms with Crippen LogP contribution in [0.1, 0.15) is 42.5 Å². The van der Waals surface area contributed by atoms with Gasteiger partial charge in [-0.15, -0.1) is 0 Å². The first kappa shape index (κ1) is 18.2. The van der Waals surface area contributed by atoms with E-state index in [0.717, 1.165) is 35.3 Å². The molecule has 1 aromatic carbocycles. The highest BCUT2D eigenvalue weighted by Crippen LogP contribution is 2.44. The van der Waals surface area contributed by atoms with Gasteiger partial charge in [0.25, 0.3) is 0 Å². The van der Waals surface area contributed by atoms with Crippen molar-refractivity contribution in [3.8, 4) is 5.75 Å². The van der Waals surface area contributed by atoms with Gasteiger partial charge in [0.05, 0.1) is 12.0 Å². The summed E-state index contributed by atoms with van der Waals surface area (Å²) in [6.45, 7) is 9.79. The molecule has 7 heteroatoms. The Hall–Kier alpha value is -1.60. The minimum atomic E-state index is -3.74. The van der Waals surface area contributed by atoms with E-state index in [1.54, 1.807) is 6.92 Å². The van der Waals surface area contributed by atoms with Crippen LogP contribution in [0.4, 0.5) is 0 Å². The van der Waals surface area contributed by atoms with Gasteiger partial charge in [0, 0.05) is 6.54 Å². The summed E-state index contributed by atoms with van der Waals surface area (Å²) in [6, 6.07) is -0.708. The van der Waals surface area contributed by atoms with E-state index in [2.05, 4.69) is 4.74 Å². The van der Waals surface area contributed by atoms with Gasteiger partial charge in [-0.3, -0.25) is 4.79 Å². The van der Waals surface area contributed by atoms with Crippen LogP contribution in [0.2, 0.25) is 0 Å². The fourth-order valence-electron chi connectivity index (χ4n) is 3.57. The van der Waals surface area contributed by atoms with Gasteiger partial charge in [0.15, 0.2) is 0 Å². The van der Waals surface area contributed by atoms with Gasteiger partial charge >= 0.3 is 5.97 Å². The topological polar surface area (TPSA) is 72.7 Å². The number of benzene rings is 1. The molecule has 1 fully saturated rings. The number of carbonyl (C=O) groups is 1.